The van der Waals surface area contributed by atoms with Gasteiger partial charge in [0, 0.05) is 11.7 Å². The molecule has 2 N–H and O–H groups in total. The number of hydrogen-bond donors (Lipinski definition) is 2. The highest BCUT2D eigenvalue weighted by molar-refractivity contribution is 7.80. The van der Waals surface area contributed by atoms with E-state index in [4.69, 9.17) is 12.2 Å². The lowest BCUT2D eigenvalue weighted by Gasteiger charge is -2.29. The van der Waals surface area contributed by atoms with Gasteiger partial charge in [0.05, 0.1) is 0 Å². The van der Waals surface area contributed by atoms with Gasteiger partial charge in [-0.15, -0.1) is 0 Å². The number of anilines is 1. The summed E-state index contributed by atoms with van der Waals surface area (Å²) in [7, 11) is 0. The Kier molecular flexibility index (Phi) is 5.72. The van der Waals surface area contributed by atoms with Crippen LogP contribution in [0.15, 0.2) is 54.6 Å². The van der Waals surface area contributed by atoms with Crippen LogP contribution >= 0.6 is 12.2 Å². The van der Waals surface area contributed by atoms with Crippen molar-refractivity contribution >= 4 is 23.0 Å². The summed E-state index contributed by atoms with van der Waals surface area (Å²) < 4.78 is 13.2. The highest BCUT2D eigenvalue weighted by Crippen LogP contribution is 2.28. The lowest BCUT2D eigenvalue weighted by atomic mass is 9.79. The number of hydrogen-bond acceptors (Lipinski definition) is 1. The SMILES string of the molecule is CC(CC(C)(C)c1ccccc1)NC(=S)Nc1cccc(F)c1. The normalized spacial score (nSPS) is 12.5. The molecule has 0 aliphatic rings. The van der Waals surface area contributed by atoms with Gasteiger partial charge in [0.25, 0.3) is 0 Å². The first-order valence-electron chi connectivity index (χ1n) is 7.75. The maximum atomic E-state index is 13.2. The summed E-state index contributed by atoms with van der Waals surface area (Å²) >= 11 is 5.32. The zero-order chi connectivity index (χ0) is 16.9. The third kappa shape index (κ3) is 5.32. The van der Waals surface area contributed by atoms with Crippen molar-refractivity contribution in [1.82, 2.24) is 5.32 Å². The minimum atomic E-state index is -0.281. The van der Waals surface area contributed by atoms with Crippen LogP contribution in [0.2, 0.25) is 0 Å². The third-order valence-corrected chi connectivity index (χ3v) is 4.05. The molecule has 2 aromatic carbocycles. The van der Waals surface area contributed by atoms with Gasteiger partial charge in [-0.1, -0.05) is 50.2 Å². The fourth-order valence-corrected chi connectivity index (χ4v) is 3.10. The second-order valence-corrected chi connectivity index (χ2v) is 6.87. The number of nitrogens with one attached hydrogen (secondary N) is 2. The molecule has 0 radical (unpaired) electrons. The maximum absolute atomic E-state index is 13.2. The molecule has 2 nitrogen and oxygen atoms in total. The zero-order valence-corrected chi connectivity index (χ0v) is 14.6. The van der Waals surface area contributed by atoms with Crippen LogP contribution in [0.5, 0.6) is 0 Å². The van der Waals surface area contributed by atoms with Crippen molar-refractivity contribution in [2.24, 2.45) is 0 Å². The molecule has 0 saturated carbocycles. The van der Waals surface area contributed by atoms with Gasteiger partial charge in [0.1, 0.15) is 5.82 Å². The van der Waals surface area contributed by atoms with Gasteiger partial charge in [-0.2, -0.15) is 0 Å². The molecular formula is C19H23FN2S. The number of thiocarbonyl (C=S) groups is 1. The Morgan fingerprint density at radius 1 is 1.13 bits per heavy atom. The maximum Gasteiger partial charge on any atom is 0.170 e. The molecule has 2 aromatic rings. The monoisotopic (exact) mass is 330 g/mol. The molecule has 122 valence electrons. The van der Waals surface area contributed by atoms with E-state index >= 15 is 0 Å². The van der Waals surface area contributed by atoms with Crippen molar-refractivity contribution in [3.63, 3.8) is 0 Å². The Morgan fingerprint density at radius 3 is 2.48 bits per heavy atom. The molecule has 0 fully saturated rings. The molecule has 0 amide bonds. The van der Waals surface area contributed by atoms with Gasteiger partial charge in [0.2, 0.25) is 0 Å². The van der Waals surface area contributed by atoms with E-state index in [0.29, 0.717) is 10.8 Å². The van der Waals surface area contributed by atoms with Crippen molar-refractivity contribution in [3.8, 4) is 0 Å². The van der Waals surface area contributed by atoms with Crippen molar-refractivity contribution in [3.05, 3.63) is 66.0 Å². The Labute approximate surface area is 143 Å². The summed E-state index contributed by atoms with van der Waals surface area (Å²) in [6.45, 7) is 6.55. The van der Waals surface area contributed by atoms with E-state index in [2.05, 4.69) is 55.7 Å². The van der Waals surface area contributed by atoms with Crippen molar-refractivity contribution < 1.29 is 4.39 Å². The molecule has 23 heavy (non-hydrogen) atoms. The molecule has 4 heteroatoms. The molecule has 0 heterocycles. The van der Waals surface area contributed by atoms with Gasteiger partial charge in [-0.05, 0) is 54.7 Å². The van der Waals surface area contributed by atoms with Crippen LogP contribution in [0.1, 0.15) is 32.8 Å². The van der Waals surface area contributed by atoms with Crippen molar-refractivity contribution in [2.45, 2.75) is 38.6 Å². The molecule has 2 rings (SSSR count). The number of benzene rings is 2. The van der Waals surface area contributed by atoms with E-state index < -0.39 is 0 Å². The van der Waals surface area contributed by atoms with E-state index in [0.717, 1.165) is 6.42 Å². The molecule has 1 atom stereocenters. The van der Waals surface area contributed by atoms with Gasteiger partial charge in [-0.3, -0.25) is 0 Å². The van der Waals surface area contributed by atoms with E-state index in [1.165, 1.54) is 17.7 Å². The quantitative estimate of drug-likeness (QED) is 0.765. The second kappa shape index (κ2) is 7.55. The average Bonchev–Trinajstić information content (AvgIpc) is 2.47. The average molecular weight is 330 g/mol. The van der Waals surface area contributed by atoms with Crippen LogP contribution in [0.4, 0.5) is 10.1 Å². The topological polar surface area (TPSA) is 24.1 Å². The van der Waals surface area contributed by atoms with Gasteiger partial charge in [0.15, 0.2) is 5.11 Å². The molecule has 0 aliphatic heterocycles. The smallest absolute Gasteiger partial charge is 0.170 e. The summed E-state index contributed by atoms with van der Waals surface area (Å²) in [5, 5.41) is 6.80. The van der Waals surface area contributed by atoms with Gasteiger partial charge < -0.3 is 10.6 Å². The zero-order valence-electron chi connectivity index (χ0n) is 13.8. The van der Waals surface area contributed by atoms with Crippen molar-refractivity contribution in [2.75, 3.05) is 5.32 Å². The van der Waals surface area contributed by atoms with E-state index in [1.54, 1.807) is 12.1 Å². The lowest BCUT2D eigenvalue weighted by Crippen LogP contribution is -2.39. The Bertz CT molecular complexity index is 655. The van der Waals surface area contributed by atoms with Gasteiger partial charge in [-0.25, -0.2) is 4.39 Å². The first kappa shape index (κ1) is 17.4. The Hall–Kier alpha value is -1.94. The minimum absolute atomic E-state index is 0.0438. The van der Waals surface area contributed by atoms with Crippen LogP contribution < -0.4 is 10.6 Å². The predicted octanol–water partition coefficient (Wildman–Crippen LogP) is 4.87. The van der Waals surface area contributed by atoms with Crippen LogP contribution in [0.25, 0.3) is 0 Å². The van der Waals surface area contributed by atoms with Crippen LogP contribution in [-0.2, 0) is 5.41 Å². The van der Waals surface area contributed by atoms with E-state index in [-0.39, 0.29) is 17.3 Å². The predicted molar refractivity (Wildman–Crippen MR) is 99.3 cm³/mol. The highest BCUT2D eigenvalue weighted by Gasteiger charge is 2.23. The molecule has 0 aliphatic carbocycles. The summed E-state index contributed by atoms with van der Waals surface area (Å²) in [5.74, 6) is -0.281. The summed E-state index contributed by atoms with van der Waals surface area (Å²) in [6.07, 6.45) is 0.933. The number of halogens is 1. The first-order chi connectivity index (χ1) is 10.9. The molecule has 0 saturated heterocycles. The molecule has 1 unspecified atom stereocenters. The molecule has 0 bridgehead atoms. The van der Waals surface area contributed by atoms with Crippen LogP contribution in [0.3, 0.4) is 0 Å². The van der Waals surface area contributed by atoms with Crippen LogP contribution in [0, 0.1) is 5.82 Å². The fourth-order valence-electron chi connectivity index (χ4n) is 2.78. The van der Waals surface area contributed by atoms with Crippen molar-refractivity contribution in [1.29, 1.82) is 0 Å². The summed E-state index contributed by atoms with van der Waals surface area (Å²) in [6, 6.07) is 16.9. The first-order valence-corrected chi connectivity index (χ1v) is 8.16. The fraction of sp³-hybridized carbons (Fsp3) is 0.316. The van der Waals surface area contributed by atoms with E-state index in [1.807, 2.05) is 6.07 Å². The van der Waals surface area contributed by atoms with Crippen LogP contribution in [-0.4, -0.2) is 11.2 Å². The largest absolute Gasteiger partial charge is 0.360 e. The Morgan fingerprint density at radius 2 is 1.83 bits per heavy atom. The highest BCUT2D eigenvalue weighted by atomic mass is 32.1. The second-order valence-electron chi connectivity index (χ2n) is 6.46. The Balaban J connectivity index is 1.91. The molecular weight excluding hydrogens is 307 g/mol. The molecule has 0 spiro atoms. The third-order valence-electron chi connectivity index (χ3n) is 3.83. The minimum Gasteiger partial charge on any atom is -0.360 e. The summed E-state index contributed by atoms with van der Waals surface area (Å²) in [4.78, 5) is 0. The molecule has 0 aromatic heterocycles. The van der Waals surface area contributed by atoms with Gasteiger partial charge >= 0.3 is 0 Å². The van der Waals surface area contributed by atoms with E-state index in [9.17, 15) is 4.39 Å². The lowest BCUT2D eigenvalue weighted by molar-refractivity contribution is 0.420. The number of rotatable bonds is 5. The standard InChI is InChI=1S/C19H23FN2S/c1-14(13-19(2,3)15-8-5-4-6-9-15)21-18(23)22-17-11-7-10-16(20)12-17/h4-12,14H,13H2,1-3H3,(H2,21,22,23). The summed E-state index contributed by atoms with van der Waals surface area (Å²) in [5.41, 5.74) is 2.00.